The van der Waals surface area contributed by atoms with E-state index in [1.165, 1.54) is 6.33 Å². The summed E-state index contributed by atoms with van der Waals surface area (Å²) in [6.45, 7) is 5.91. The second-order valence-corrected chi connectivity index (χ2v) is 2.81. The van der Waals surface area contributed by atoms with E-state index >= 15 is 0 Å². The molecule has 0 N–H and O–H groups in total. The molecule has 2 aromatic rings. The second-order valence-electron chi connectivity index (χ2n) is 2.81. The lowest BCUT2D eigenvalue weighted by Crippen LogP contribution is -2.02. The summed E-state index contributed by atoms with van der Waals surface area (Å²) in [6, 6.07) is 1.81. The smallest absolute Gasteiger partial charge is 0.255 e. The summed E-state index contributed by atoms with van der Waals surface area (Å²) in [4.78, 5) is 8.17. The molecule has 5 nitrogen and oxygen atoms in total. The molecule has 0 radical (unpaired) electrons. The molecule has 0 fully saturated rings. The zero-order valence-corrected chi connectivity index (χ0v) is 7.84. The van der Waals surface area contributed by atoms with E-state index in [0.717, 1.165) is 5.69 Å². The van der Waals surface area contributed by atoms with Gasteiger partial charge in [-0.1, -0.05) is 12.7 Å². The van der Waals surface area contributed by atoms with E-state index < -0.39 is 0 Å². The fourth-order valence-corrected chi connectivity index (χ4v) is 1.14. The van der Waals surface area contributed by atoms with Gasteiger partial charge in [-0.3, -0.25) is 0 Å². The van der Waals surface area contributed by atoms with Gasteiger partial charge in [0.1, 0.15) is 12.9 Å². The Hall–Kier alpha value is -1.91. The highest BCUT2D eigenvalue weighted by Crippen LogP contribution is 2.12. The predicted octanol–water partition coefficient (Wildman–Crippen LogP) is 0.998. The first-order chi connectivity index (χ1) is 6.81. The van der Waals surface area contributed by atoms with Crippen LogP contribution in [0.25, 0.3) is 5.78 Å². The van der Waals surface area contributed by atoms with Crippen LogP contribution < -0.4 is 4.74 Å². The van der Waals surface area contributed by atoms with Crippen molar-refractivity contribution in [2.75, 3.05) is 6.61 Å². The molecule has 2 rings (SSSR count). The minimum absolute atomic E-state index is 0.443. The Morgan fingerprint density at radius 2 is 2.50 bits per heavy atom. The lowest BCUT2D eigenvalue weighted by Gasteiger charge is -2.04. The van der Waals surface area contributed by atoms with Crippen LogP contribution in [0.3, 0.4) is 0 Å². The molecular formula is C9H10N4O. The van der Waals surface area contributed by atoms with E-state index in [9.17, 15) is 0 Å². The van der Waals surface area contributed by atoms with Crippen LogP contribution in [-0.2, 0) is 0 Å². The zero-order chi connectivity index (χ0) is 9.97. The number of ether oxygens (including phenoxy) is 1. The van der Waals surface area contributed by atoms with Crippen LogP contribution in [0, 0.1) is 6.92 Å². The van der Waals surface area contributed by atoms with E-state index in [0.29, 0.717) is 18.3 Å². The maximum absolute atomic E-state index is 5.41. The predicted molar refractivity (Wildman–Crippen MR) is 51.2 cm³/mol. The van der Waals surface area contributed by atoms with Crippen molar-refractivity contribution in [2.24, 2.45) is 0 Å². The largest absolute Gasteiger partial charge is 0.473 e. The third-order valence-electron chi connectivity index (χ3n) is 1.70. The Balaban J connectivity index is 2.49. The zero-order valence-electron chi connectivity index (χ0n) is 7.84. The number of hydrogen-bond acceptors (Lipinski definition) is 4. The normalized spacial score (nSPS) is 10.4. The molecule has 0 amide bonds. The molecule has 0 aliphatic carbocycles. The van der Waals surface area contributed by atoms with Crippen LogP contribution in [0.2, 0.25) is 0 Å². The third-order valence-corrected chi connectivity index (χ3v) is 1.70. The molecule has 0 saturated heterocycles. The standard InChI is InChI=1S/C9H10N4O/c1-3-4-14-8-5-7(2)12-9-10-6-11-13(8)9/h3,5-6H,1,4H2,2H3. The van der Waals surface area contributed by atoms with Crippen molar-refractivity contribution in [1.82, 2.24) is 19.6 Å². The summed E-state index contributed by atoms with van der Waals surface area (Å²) in [5.74, 6) is 1.17. The quantitative estimate of drug-likeness (QED) is 0.677. The Labute approximate surface area is 81.1 Å². The fraction of sp³-hybridized carbons (Fsp3) is 0.222. The Morgan fingerprint density at radius 3 is 3.29 bits per heavy atom. The van der Waals surface area contributed by atoms with Crippen molar-refractivity contribution in [1.29, 1.82) is 0 Å². The first-order valence-electron chi connectivity index (χ1n) is 4.22. The van der Waals surface area contributed by atoms with Gasteiger partial charge in [-0.2, -0.15) is 14.6 Å². The number of rotatable bonds is 3. The molecular weight excluding hydrogens is 180 g/mol. The van der Waals surface area contributed by atoms with Crippen LogP contribution >= 0.6 is 0 Å². The van der Waals surface area contributed by atoms with Crippen molar-refractivity contribution >= 4 is 5.78 Å². The topological polar surface area (TPSA) is 52.3 Å². The third kappa shape index (κ3) is 1.44. The summed E-state index contributed by atoms with van der Waals surface area (Å²) in [5, 5.41) is 4.00. The lowest BCUT2D eigenvalue weighted by molar-refractivity contribution is 0.337. The molecule has 14 heavy (non-hydrogen) atoms. The summed E-state index contributed by atoms with van der Waals surface area (Å²) >= 11 is 0. The van der Waals surface area contributed by atoms with Crippen molar-refractivity contribution in [3.63, 3.8) is 0 Å². The van der Waals surface area contributed by atoms with Crippen molar-refractivity contribution < 1.29 is 4.74 Å². The van der Waals surface area contributed by atoms with Gasteiger partial charge >= 0.3 is 0 Å². The van der Waals surface area contributed by atoms with Crippen molar-refractivity contribution in [3.05, 3.63) is 30.7 Å². The van der Waals surface area contributed by atoms with E-state index in [2.05, 4.69) is 21.6 Å². The Bertz CT molecular complexity index is 463. The number of hydrogen-bond donors (Lipinski definition) is 0. The van der Waals surface area contributed by atoms with Gasteiger partial charge in [0.2, 0.25) is 5.88 Å². The highest BCUT2D eigenvalue weighted by atomic mass is 16.5. The number of aromatic nitrogens is 4. The highest BCUT2D eigenvalue weighted by Gasteiger charge is 2.05. The number of fused-ring (bicyclic) bond motifs is 1. The van der Waals surface area contributed by atoms with Gasteiger partial charge in [0, 0.05) is 11.8 Å². The number of nitrogens with zero attached hydrogens (tertiary/aromatic N) is 4. The Kier molecular flexibility index (Phi) is 2.14. The SMILES string of the molecule is C=CCOc1cc(C)nc2ncnn12. The molecule has 0 aromatic carbocycles. The summed E-state index contributed by atoms with van der Waals surface area (Å²) < 4.78 is 6.96. The van der Waals surface area contributed by atoms with E-state index in [1.54, 1.807) is 10.6 Å². The van der Waals surface area contributed by atoms with Crippen LogP contribution in [0.15, 0.2) is 25.0 Å². The minimum Gasteiger partial charge on any atom is -0.473 e. The number of aryl methyl sites for hydroxylation is 1. The molecule has 5 heteroatoms. The van der Waals surface area contributed by atoms with Gasteiger partial charge in [-0.15, -0.1) is 0 Å². The second kappa shape index (κ2) is 3.45. The maximum atomic E-state index is 5.41. The van der Waals surface area contributed by atoms with Gasteiger partial charge in [-0.25, -0.2) is 4.98 Å². The fourth-order valence-electron chi connectivity index (χ4n) is 1.14. The van der Waals surface area contributed by atoms with Crippen LogP contribution in [0.4, 0.5) is 0 Å². The molecule has 72 valence electrons. The highest BCUT2D eigenvalue weighted by molar-refractivity contribution is 5.32. The average molecular weight is 190 g/mol. The monoisotopic (exact) mass is 190 g/mol. The summed E-state index contributed by atoms with van der Waals surface area (Å²) in [7, 11) is 0. The van der Waals surface area contributed by atoms with E-state index in [4.69, 9.17) is 4.74 Å². The molecule has 0 spiro atoms. The minimum atomic E-state index is 0.443. The molecule has 0 aliphatic rings. The molecule has 0 unspecified atom stereocenters. The molecule has 2 aromatic heterocycles. The van der Waals surface area contributed by atoms with E-state index in [1.807, 2.05) is 13.0 Å². The van der Waals surface area contributed by atoms with Crippen LogP contribution in [-0.4, -0.2) is 26.2 Å². The van der Waals surface area contributed by atoms with Gasteiger partial charge < -0.3 is 4.74 Å². The van der Waals surface area contributed by atoms with Crippen LogP contribution in [0.5, 0.6) is 5.88 Å². The molecule has 0 aliphatic heterocycles. The maximum Gasteiger partial charge on any atom is 0.255 e. The van der Waals surface area contributed by atoms with Gasteiger partial charge in [-0.05, 0) is 6.92 Å². The molecule has 0 saturated carbocycles. The van der Waals surface area contributed by atoms with Gasteiger partial charge in [0.25, 0.3) is 5.78 Å². The first kappa shape index (κ1) is 8.68. The van der Waals surface area contributed by atoms with Gasteiger partial charge in [0.05, 0.1) is 0 Å². The van der Waals surface area contributed by atoms with Crippen LogP contribution in [0.1, 0.15) is 5.69 Å². The summed E-state index contributed by atoms with van der Waals surface area (Å²) in [5.41, 5.74) is 0.851. The summed E-state index contributed by atoms with van der Waals surface area (Å²) in [6.07, 6.45) is 3.13. The van der Waals surface area contributed by atoms with Gasteiger partial charge in [0.15, 0.2) is 0 Å². The molecule has 0 bridgehead atoms. The Morgan fingerprint density at radius 1 is 1.64 bits per heavy atom. The first-order valence-corrected chi connectivity index (χ1v) is 4.22. The van der Waals surface area contributed by atoms with Crippen molar-refractivity contribution in [2.45, 2.75) is 6.92 Å². The van der Waals surface area contributed by atoms with E-state index in [-0.39, 0.29) is 0 Å². The average Bonchev–Trinajstić information content (AvgIpc) is 2.61. The van der Waals surface area contributed by atoms with Crippen molar-refractivity contribution in [3.8, 4) is 5.88 Å². The lowest BCUT2D eigenvalue weighted by atomic mass is 10.4. The molecule has 2 heterocycles. The molecule has 0 atom stereocenters.